The Morgan fingerprint density at radius 3 is 2.25 bits per heavy atom. The van der Waals surface area contributed by atoms with Crippen LogP contribution < -0.4 is 16.0 Å². The predicted octanol–water partition coefficient (Wildman–Crippen LogP) is 8.33. The van der Waals surface area contributed by atoms with E-state index in [-0.39, 0.29) is 11.6 Å². The van der Waals surface area contributed by atoms with E-state index in [0.717, 1.165) is 27.1 Å². The van der Waals surface area contributed by atoms with Gasteiger partial charge in [-0.15, -0.1) is 11.8 Å². The van der Waals surface area contributed by atoms with Crippen molar-refractivity contribution in [2.45, 2.75) is 24.0 Å². The molecule has 0 aliphatic heterocycles. The number of para-hydroxylation sites is 2. The van der Waals surface area contributed by atoms with E-state index in [4.69, 9.17) is 4.42 Å². The lowest BCUT2D eigenvalue weighted by molar-refractivity contribution is -0.115. The summed E-state index contributed by atoms with van der Waals surface area (Å²) in [6.07, 6.45) is 1.64. The summed E-state index contributed by atoms with van der Waals surface area (Å²) in [7, 11) is 0. The molecule has 1 unspecified atom stereocenters. The van der Waals surface area contributed by atoms with Crippen molar-refractivity contribution < 1.29 is 18.8 Å². The van der Waals surface area contributed by atoms with Crippen LogP contribution in [0.25, 0.3) is 28.6 Å². The first-order chi connectivity index (χ1) is 23.3. The van der Waals surface area contributed by atoms with Gasteiger partial charge in [0.05, 0.1) is 5.25 Å². The molecule has 0 saturated heterocycles. The predicted molar refractivity (Wildman–Crippen MR) is 192 cm³/mol. The first-order valence-electron chi connectivity index (χ1n) is 15.3. The van der Waals surface area contributed by atoms with Crippen LogP contribution in [-0.4, -0.2) is 28.0 Å². The van der Waals surface area contributed by atoms with E-state index in [1.165, 1.54) is 11.8 Å². The van der Waals surface area contributed by atoms with Crippen LogP contribution in [0, 0.1) is 6.92 Å². The molecule has 1 aromatic heterocycles. The minimum Gasteiger partial charge on any atom is -0.436 e. The van der Waals surface area contributed by atoms with Crippen molar-refractivity contribution in [3.63, 3.8) is 0 Å². The molecule has 3 amide bonds. The van der Waals surface area contributed by atoms with Gasteiger partial charge in [-0.25, -0.2) is 4.98 Å². The van der Waals surface area contributed by atoms with Crippen LogP contribution in [0.15, 0.2) is 142 Å². The SMILES string of the molecule is Cc1ccc(/C=C(\NC(=O)c2ccccc2)C(=O)Nc2cccc(SC(C)C(=O)Nc3ccc(-c4nc5ccccc5o4)cc3)c2)cc1. The van der Waals surface area contributed by atoms with E-state index in [2.05, 4.69) is 20.9 Å². The summed E-state index contributed by atoms with van der Waals surface area (Å²) in [6.45, 7) is 3.80. The van der Waals surface area contributed by atoms with Gasteiger partial charge in [-0.3, -0.25) is 14.4 Å². The molecule has 0 radical (unpaired) electrons. The number of amides is 3. The standard InChI is InChI=1S/C39H32N4O4S/c1-25-15-17-27(18-16-25)23-34(42-37(45)28-9-4-3-5-10-28)38(46)41-31-11-8-12-32(24-31)48-26(2)36(44)40-30-21-19-29(20-22-30)39-43-33-13-6-7-14-35(33)47-39/h3-24,26H,1-2H3,(H,40,44)(H,41,46)(H,42,45)/b34-23-. The lowest BCUT2D eigenvalue weighted by atomic mass is 10.1. The summed E-state index contributed by atoms with van der Waals surface area (Å²) >= 11 is 1.36. The van der Waals surface area contributed by atoms with Crippen molar-refractivity contribution in [3.05, 3.63) is 150 Å². The number of aryl methyl sites for hydroxylation is 1. The second kappa shape index (κ2) is 14.7. The molecule has 1 atom stereocenters. The molecule has 0 fully saturated rings. The summed E-state index contributed by atoms with van der Waals surface area (Å²) in [5.74, 6) is -0.527. The number of hydrogen-bond acceptors (Lipinski definition) is 6. The zero-order chi connectivity index (χ0) is 33.5. The molecule has 1 heterocycles. The molecule has 9 heteroatoms. The maximum atomic E-state index is 13.5. The van der Waals surface area contributed by atoms with Crippen LogP contribution in [0.1, 0.15) is 28.4 Å². The molecule has 0 aliphatic carbocycles. The molecule has 0 spiro atoms. The fraction of sp³-hybridized carbons (Fsp3) is 0.0769. The Labute approximate surface area is 282 Å². The topological polar surface area (TPSA) is 113 Å². The molecule has 0 saturated carbocycles. The third kappa shape index (κ3) is 8.07. The smallest absolute Gasteiger partial charge is 0.272 e. The van der Waals surface area contributed by atoms with Crippen LogP contribution in [-0.2, 0) is 9.59 Å². The van der Waals surface area contributed by atoms with E-state index in [0.29, 0.717) is 28.4 Å². The average Bonchev–Trinajstić information content (AvgIpc) is 3.54. The van der Waals surface area contributed by atoms with Crippen LogP contribution in [0.5, 0.6) is 0 Å². The highest BCUT2D eigenvalue weighted by Crippen LogP contribution is 2.28. The molecule has 3 N–H and O–H groups in total. The van der Waals surface area contributed by atoms with Gasteiger partial charge in [0.25, 0.3) is 11.8 Å². The van der Waals surface area contributed by atoms with Crippen LogP contribution in [0.4, 0.5) is 11.4 Å². The highest BCUT2D eigenvalue weighted by atomic mass is 32.2. The Morgan fingerprint density at radius 1 is 0.771 bits per heavy atom. The number of thioether (sulfide) groups is 1. The second-order valence-corrected chi connectivity index (χ2v) is 12.5. The minimum absolute atomic E-state index is 0.0978. The molecule has 0 bridgehead atoms. The molecule has 6 aromatic rings. The van der Waals surface area contributed by atoms with Gasteiger partial charge in [-0.2, -0.15) is 0 Å². The number of carbonyl (C=O) groups is 3. The number of anilines is 2. The molecular formula is C39H32N4O4S. The van der Waals surface area contributed by atoms with Gasteiger partial charge in [0, 0.05) is 27.4 Å². The van der Waals surface area contributed by atoms with Crippen molar-refractivity contribution in [1.29, 1.82) is 0 Å². The van der Waals surface area contributed by atoms with E-state index in [9.17, 15) is 14.4 Å². The van der Waals surface area contributed by atoms with Gasteiger partial charge in [-0.1, -0.05) is 66.2 Å². The number of rotatable bonds is 10. The Morgan fingerprint density at radius 2 is 1.50 bits per heavy atom. The molecule has 48 heavy (non-hydrogen) atoms. The first-order valence-corrected chi connectivity index (χ1v) is 16.2. The fourth-order valence-electron chi connectivity index (χ4n) is 4.81. The Balaban J connectivity index is 1.10. The average molecular weight is 653 g/mol. The Bertz CT molecular complexity index is 2070. The molecule has 0 aliphatic rings. The van der Waals surface area contributed by atoms with E-state index < -0.39 is 17.1 Å². The first kappa shape index (κ1) is 32.0. The third-order valence-corrected chi connectivity index (χ3v) is 8.48. The number of hydrogen-bond donors (Lipinski definition) is 3. The van der Waals surface area contributed by atoms with Gasteiger partial charge in [0.1, 0.15) is 11.2 Å². The summed E-state index contributed by atoms with van der Waals surface area (Å²) in [6, 6.07) is 38.5. The van der Waals surface area contributed by atoms with Crippen LogP contribution in [0.2, 0.25) is 0 Å². The quantitative estimate of drug-likeness (QED) is 0.101. The molecule has 8 nitrogen and oxygen atoms in total. The van der Waals surface area contributed by atoms with Gasteiger partial charge < -0.3 is 20.4 Å². The number of oxazole rings is 1. The summed E-state index contributed by atoms with van der Waals surface area (Å²) < 4.78 is 5.84. The minimum atomic E-state index is -0.478. The number of carbonyl (C=O) groups excluding carboxylic acids is 3. The fourth-order valence-corrected chi connectivity index (χ4v) is 5.74. The van der Waals surface area contributed by atoms with E-state index >= 15 is 0 Å². The Hall–Kier alpha value is -5.93. The van der Waals surface area contributed by atoms with Gasteiger partial charge >= 0.3 is 0 Å². The zero-order valence-electron chi connectivity index (χ0n) is 26.3. The lowest BCUT2D eigenvalue weighted by Crippen LogP contribution is -2.30. The highest BCUT2D eigenvalue weighted by Gasteiger charge is 2.18. The maximum absolute atomic E-state index is 13.5. The highest BCUT2D eigenvalue weighted by molar-refractivity contribution is 8.00. The van der Waals surface area contributed by atoms with Crippen molar-refractivity contribution in [2.24, 2.45) is 0 Å². The number of aromatic nitrogens is 1. The van der Waals surface area contributed by atoms with E-state index in [1.54, 1.807) is 48.5 Å². The van der Waals surface area contributed by atoms with Gasteiger partial charge in [0.2, 0.25) is 11.8 Å². The van der Waals surface area contributed by atoms with Gasteiger partial charge in [-0.05, 0) is 92.2 Å². The molecular weight excluding hydrogens is 621 g/mol. The Kier molecular flexibility index (Phi) is 9.78. The molecule has 238 valence electrons. The summed E-state index contributed by atoms with van der Waals surface area (Å²) in [4.78, 5) is 44.8. The zero-order valence-corrected chi connectivity index (χ0v) is 27.1. The number of fused-ring (bicyclic) bond motifs is 1. The second-order valence-electron chi connectivity index (χ2n) is 11.1. The normalized spacial score (nSPS) is 11.9. The van der Waals surface area contributed by atoms with Crippen LogP contribution in [0.3, 0.4) is 0 Å². The van der Waals surface area contributed by atoms with Crippen molar-refractivity contribution >= 4 is 58.0 Å². The number of nitrogens with zero attached hydrogens (tertiary/aromatic N) is 1. The molecule has 5 aromatic carbocycles. The maximum Gasteiger partial charge on any atom is 0.272 e. The van der Waals surface area contributed by atoms with Crippen molar-refractivity contribution in [1.82, 2.24) is 10.3 Å². The number of benzene rings is 5. The van der Waals surface area contributed by atoms with Crippen LogP contribution >= 0.6 is 11.8 Å². The number of nitrogens with one attached hydrogen (secondary N) is 3. The van der Waals surface area contributed by atoms with Crippen molar-refractivity contribution in [2.75, 3.05) is 10.6 Å². The van der Waals surface area contributed by atoms with Gasteiger partial charge in [0.15, 0.2) is 5.58 Å². The van der Waals surface area contributed by atoms with Crippen molar-refractivity contribution in [3.8, 4) is 11.5 Å². The third-order valence-electron chi connectivity index (χ3n) is 7.38. The summed E-state index contributed by atoms with van der Waals surface area (Å²) in [5, 5.41) is 8.18. The summed E-state index contributed by atoms with van der Waals surface area (Å²) in [5.41, 5.74) is 5.87. The van der Waals surface area contributed by atoms with E-state index in [1.807, 2.05) is 98.8 Å². The monoisotopic (exact) mass is 652 g/mol. The largest absolute Gasteiger partial charge is 0.436 e. The molecule has 6 rings (SSSR count). The lowest BCUT2D eigenvalue weighted by Gasteiger charge is -2.14.